The molecule has 3 rings (SSSR count). The van der Waals surface area contributed by atoms with Crippen LogP contribution in [0.5, 0.6) is 5.75 Å². The van der Waals surface area contributed by atoms with Gasteiger partial charge < -0.3 is 9.47 Å². The Hall–Kier alpha value is -3.68. The maximum Gasteiger partial charge on any atom is 0.340 e. The molecule has 0 N–H and O–H groups in total. The normalized spacial score (nSPS) is 10.8. The van der Waals surface area contributed by atoms with Crippen LogP contribution in [0.15, 0.2) is 46.5 Å². The fraction of sp³-hybridized carbons (Fsp3) is 0.238. The summed E-state index contributed by atoms with van der Waals surface area (Å²) in [6.45, 7) is 5.20. The number of carbonyl (C=O) groups is 1. The van der Waals surface area contributed by atoms with Crippen LogP contribution in [0, 0.1) is 6.92 Å². The van der Waals surface area contributed by atoms with Gasteiger partial charge in [0.15, 0.2) is 0 Å². The molecule has 0 aliphatic rings. The molecule has 0 unspecified atom stereocenters. The Morgan fingerprint density at radius 3 is 2.62 bits per heavy atom. The molecule has 0 aliphatic heterocycles. The number of hydrogen-bond acceptors (Lipinski definition) is 6. The van der Waals surface area contributed by atoms with E-state index in [9.17, 15) is 14.4 Å². The summed E-state index contributed by atoms with van der Waals surface area (Å²) in [4.78, 5) is 42.7. The topological polar surface area (TPSA) is 92.4 Å². The number of pyridine rings is 1. The summed E-state index contributed by atoms with van der Waals surface area (Å²) in [5.41, 5.74) is 0.543. The smallest absolute Gasteiger partial charge is 0.340 e. The number of aromatic nitrogens is 3. The summed E-state index contributed by atoms with van der Waals surface area (Å²) in [5, 5.41) is 0.152. The van der Waals surface area contributed by atoms with Gasteiger partial charge in [0.1, 0.15) is 18.0 Å². The highest BCUT2D eigenvalue weighted by atomic mass is 16.5. The molecule has 8 heteroatoms. The average molecular weight is 395 g/mol. The Morgan fingerprint density at radius 2 is 1.97 bits per heavy atom. The molecule has 0 fully saturated rings. The summed E-state index contributed by atoms with van der Waals surface area (Å²) in [7, 11) is 4.44. The Balaban J connectivity index is 2.55. The average Bonchev–Trinajstić information content (AvgIpc) is 2.73. The molecule has 0 amide bonds. The van der Waals surface area contributed by atoms with Crippen molar-refractivity contribution in [2.45, 2.75) is 6.92 Å². The molecule has 0 bridgehead atoms. The Kier molecular flexibility index (Phi) is 5.36. The standard InChI is InChI=1S/C21H21N3O5/c1-6-10-29-20(26)15-12(2)22-18-17(19(25)24(4)21(27)23(18)3)16(15)13-8-7-9-14(11-13)28-5/h6-9,11H,1,10H2,2-5H3. The second kappa shape index (κ2) is 7.75. The number of hydrogen-bond donors (Lipinski definition) is 0. The van der Waals surface area contributed by atoms with Crippen molar-refractivity contribution in [3.8, 4) is 16.9 Å². The zero-order valence-electron chi connectivity index (χ0n) is 16.7. The Morgan fingerprint density at radius 1 is 1.24 bits per heavy atom. The highest BCUT2D eigenvalue weighted by Gasteiger charge is 2.25. The number of esters is 1. The molecule has 1 aromatic carbocycles. The van der Waals surface area contributed by atoms with E-state index >= 15 is 0 Å². The minimum absolute atomic E-state index is 0.0130. The maximum absolute atomic E-state index is 13.1. The molecular weight excluding hydrogens is 374 g/mol. The quantitative estimate of drug-likeness (QED) is 0.484. The van der Waals surface area contributed by atoms with Crippen molar-refractivity contribution < 1.29 is 14.3 Å². The van der Waals surface area contributed by atoms with Crippen molar-refractivity contribution in [1.82, 2.24) is 14.1 Å². The second-order valence-corrected chi connectivity index (χ2v) is 6.47. The van der Waals surface area contributed by atoms with E-state index < -0.39 is 17.2 Å². The molecule has 2 aromatic heterocycles. The van der Waals surface area contributed by atoms with Crippen LogP contribution in [-0.2, 0) is 18.8 Å². The summed E-state index contributed by atoms with van der Waals surface area (Å²) in [5.74, 6) is -0.0808. The van der Waals surface area contributed by atoms with E-state index in [0.717, 1.165) is 4.57 Å². The fourth-order valence-corrected chi connectivity index (χ4v) is 3.23. The molecule has 150 valence electrons. The van der Waals surface area contributed by atoms with E-state index in [-0.39, 0.29) is 23.2 Å². The molecule has 29 heavy (non-hydrogen) atoms. The van der Waals surface area contributed by atoms with Crippen molar-refractivity contribution in [3.63, 3.8) is 0 Å². The first kappa shape index (κ1) is 20.1. The number of fused-ring (bicyclic) bond motifs is 1. The minimum Gasteiger partial charge on any atom is -0.497 e. The highest BCUT2D eigenvalue weighted by molar-refractivity contribution is 6.07. The van der Waals surface area contributed by atoms with Gasteiger partial charge in [-0.3, -0.25) is 13.9 Å². The predicted octanol–water partition coefficient (Wildman–Crippen LogP) is 1.96. The van der Waals surface area contributed by atoms with Gasteiger partial charge in [-0.1, -0.05) is 24.8 Å². The van der Waals surface area contributed by atoms with E-state index in [1.165, 1.54) is 31.8 Å². The molecule has 0 saturated heterocycles. The first-order valence-electron chi connectivity index (χ1n) is 8.84. The van der Waals surface area contributed by atoms with Crippen molar-refractivity contribution in [3.05, 3.63) is 69.0 Å². The van der Waals surface area contributed by atoms with Crippen LogP contribution in [0.25, 0.3) is 22.2 Å². The monoisotopic (exact) mass is 395 g/mol. The lowest BCUT2D eigenvalue weighted by Crippen LogP contribution is -2.38. The molecule has 2 heterocycles. The van der Waals surface area contributed by atoms with E-state index in [1.54, 1.807) is 31.2 Å². The highest BCUT2D eigenvalue weighted by Crippen LogP contribution is 2.33. The molecule has 8 nitrogen and oxygen atoms in total. The minimum atomic E-state index is -0.634. The number of benzene rings is 1. The lowest BCUT2D eigenvalue weighted by Gasteiger charge is -2.17. The lowest BCUT2D eigenvalue weighted by molar-refractivity contribution is 0.0549. The van der Waals surface area contributed by atoms with Crippen molar-refractivity contribution in [1.29, 1.82) is 0 Å². The third-order valence-corrected chi connectivity index (χ3v) is 4.66. The van der Waals surface area contributed by atoms with Crippen molar-refractivity contribution in [2.75, 3.05) is 13.7 Å². The van der Waals surface area contributed by atoms with Gasteiger partial charge in [0.2, 0.25) is 0 Å². The van der Waals surface area contributed by atoms with Gasteiger partial charge in [-0.05, 0) is 24.6 Å². The zero-order valence-corrected chi connectivity index (χ0v) is 16.7. The van der Waals surface area contributed by atoms with Gasteiger partial charge in [0.05, 0.1) is 23.8 Å². The van der Waals surface area contributed by atoms with Crippen LogP contribution in [-0.4, -0.2) is 33.8 Å². The molecule has 0 radical (unpaired) electrons. The maximum atomic E-state index is 13.1. The first-order valence-corrected chi connectivity index (χ1v) is 8.84. The Labute approximate surface area is 166 Å². The van der Waals surface area contributed by atoms with Crippen molar-refractivity contribution in [2.24, 2.45) is 14.1 Å². The third kappa shape index (κ3) is 3.33. The van der Waals surface area contributed by atoms with Crippen LogP contribution < -0.4 is 16.0 Å². The summed E-state index contributed by atoms with van der Waals surface area (Å²) >= 11 is 0. The van der Waals surface area contributed by atoms with Crippen LogP contribution in [0.4, 0.5) is 0 Å². The van der Waals surface area contributed by atoms with E-state index in [2.05, 4.69) is 11.6 Å². The molecule has 0 saturated carbocycles. The number of aryl methyl sites for hydroxylation is 2. The first-order chi connectivity index (χ1) is 13.8. The van der Waals surface area contributed by atoms with Gasteiger partial charge >= 0.3 is 11.7 Å². The van der Waals surface area contributed by atoms with Gasteiger partial charge in [-0.2, -0.15) is 0 Å². The number of methoxy groups -OCH3 is 1. The fourth-order valence-electron chi connectivity index (χ4n) is 3.23. The van der Waals surface area contributed by atoms with Crippen LogP contribution in [0.3, 0.4) is 0 Å². The summed E-state index contributed by atoms with van der Waals surface area (Å²) in [6.07, 6.45) is 1.45. The molecule has 0 aliphatic carbocycles. The second-order valence-electron chi connectivity index (χ2n) is 6.47. The largest absolute Gasteiger partial charge is 0.497 e. The molecule has 0 spiro atoms. The number of carbonyl (C=O) groups excluding carboxylic acids is 1. The van der Waals surface area contributed by atoms with Crippen molar-refractivity contribution >= 4 is 17.0 Å². The number of rotatable bonds is 5. The number of nitrogens with zero attached hydrogens (tertiary/aromatic N) is 3. The van der Waals surface area contributed by atoms with Gasteiger partial charge in [0.25, 0.3) is 5.56 Å². The summed E-state index contributed by atoms with van der Waals surface area (Å²) in [6, 6.07) is 6.97. The number of ether oxygens (including phenoxy) is 2. The Bertz CT molecular complexity index is 1250. The molecule has 3 aromatic rings. The molecular formula is C21H21N3O5. The van der Waals surface area contributed by atoms with Gasteiger partial charge in [-0.25, -0.2) is 14.6 Å². The van der Waals surface area contributed by atoms with Gasteiger partial charge in [-0.15, -0.1) is 0 Å². The predicted molar refractivity (Wildman–Crippen MR) is 109 cm³/mol. The van der Waals surface area contributed by atoms with Crippen LogP contribution >= 0.6 is 0 Å². The third-order valence-electron chi connectivity index (χ3n) is 4.66. The lowest BCUT2D eigenvalue weighted by atomic mass is 9.95. The van der Waals surface area contributed by atoms with Gasteiger partial charge in [0, 0.05) is 19.7 Å². The van der Waals surface area contributed by atoms with Crippen LogP contribution in [0.2, 0.25) is 0 Å². The summed E-state index contributed by atoms with van der Waals surface area (Å²) < 4.78 is 12.8. The zero-order chi connectivity index (χ0) is 21.3. The van der Waals surface area contributed by atoms with E-state index in [0.29, 0.717) is 22.6 Å². The van der Waals surface area contributed by atoms with Crippen LogP contribution in [0.1, 0.15) is 16.1 Å². The van der Waals surface area contributed by atoms with E-state index in [4.69, 9.17) is 9.47 Å². The SMILES string of the molecule is C=CCOC(=O)c1c(C)nc2c(c1-c1cccc(OC)c1)c(=O)n(C)c(=O)n2C. The molecule has 0 atom stereocenters. The van der Waals surface area contributed by atoms with E-state index in [1.807, 2.05) is 0 Å².